The van der Waals surface area contributed by atoms with E-state index in [0.29, 0.717) is 13.1 Å². The van der Waals surface area contributed by atoms with Crippen molar-refractivity contribution in [1.29, 1.82) is 0 Å². The maximum Gasteiger partial charge on any atom is 0.230 e. The number of hydrogen-bond acceptors (Lipinski definition) is 4. The van der Waals surface area contributed by atoms with E-state index in [4.69, 9.17) is 4.74 Å². The Kier molecular flexibility index (Phi) is 2.72. The summed E-state index contributed by atoms with van der Waals surface area (Å²) in [5, 5.41) is 11.4. The van der Waals surface area contributed by atoms with Crippen LogP contribution in [0.15, 0.2) is 36.4 Å². The fourth-order valence-corrected chi connectivity index (χ4v) is 3.90. The second-order valence-electron chi connectivity index (χ2n) is 6.40. The van der Waals surface area contributed by atoms with Crippen LogP contribution in [-0.2, 0) is 20.9 Å². The zero-order chi connectivity index (χ0) is 15.5. The number of benzene rings is 1. The zero-order valence-electron chi connectivity index (χ0n) is 12.2. The average Bonchev–Trinajstić information content (AvgIpc) is 3.10. The molecule has 0 aliphatic carbocycles. The fraction of sp³-hybridized carbons (Fsp3) is 0.412. The number of carboxylic acids is 1. The summed E-state index contributed by atoms with van der Waals surface area (Å²) in [5.41, 5.74) is 1.41. The summed E-state index contributed by atoms with van der Waals surface area (Å²) in [6.07, 6.45) is 3.08. The molecule has 2 fully saturated rings. The minimum atomic E-state index is -1.20. The first-order valence-electron chi connectivity index (χ1n) is 7.42. The third-order valence-electron chi connectivity index (χ3n) is 4.94. The number of carbonyl (C=O) groups excluding carboxylic acids is 2. The zero-order valence-corrected chi connectivity index (χ0v) is 12.2. The molecule has 4 rings (SSSR count). The molecule has 3 heterocycles. The molecule has 1 amide bonds. The van der Waals surface area contributed by atoms with E-state index in [0.717, 1.165) is 11.1 Å². The highest BCUT2D eigenvalue weighted by Crippen LogP contribution is 2.51. The number of aryl methyl sites for hydroxylation is 1. The van der Waals surface area contributed by atoms with Gasteiger partial charge in [0.05, 0.1) is 18.6 Å². The highest BCUT2D eigenvalue weighted by Gasteiger charge is 2.65. The van der Waals surface area contributed by atoms with Crippen molar-refractivity contribution in [2.24, 2.45) is 11.8 Å². The lowest BCUT2D eigenvalue weighted by atomic mass is 9.77. The molecule has 3 aliphatic heterocycles. The van der Waals surface area contributed by atoms with E-state index in [2.05, 4.69) is 0 Å². The van der Waals surface area contributed by atoms with Gasteiger partial charge in [0, 0.05) is 18.4 Å². The number of hydrogen-bond donors (Lipinski definition) is 0. The van der Waals surface area contributed by atoms with Crippen LogP contribution < -0.4 is 5.11 Å². The van der Waals surface area contributed by atoms with Crippen LogP contribution in [0.3, 0.4) is 0 Å². The van der Waals surface area contributed by atoms with Crippen molar-refractivity contribution in [3.8, 4) is 0 Å². The van der Waals surface area contributed by atoms with Crippen LogP contribution in [0.1, 0.15) is 11.1 Å². The van der Waals surface area contributed by atoms with Gasteiger partial charge in [-0.1, -0.05) is 42.0 Å². The lowest BCUT2D eigenvalue weighted by Crippen LogP contribution is -2.45. The van der Waals surface area contributed by atoms with E-state index in [1.165, 1.54) is 0 Å². The summed E-state index contributed by atoms with van der Waals surface area (Å²) in [6.45, 7) is 2.88. The molecule has 0 N–H and O–H groups in total. The third kappa shape index (κ3) is 1.75. The number of fused-ring (bicyclic) bond motifs is 1. The summed E-state index contributed by atoms with van der Waals surface area (Å²) in [5.74, 6) is -2.88. The Hall–Kier alpha value is -2.14. The van der Waals surface area contributed by atoms with Gasteiger partial charge in [-0.25, -0.2) is 0 Å². The van der Waals surface area contributed by atoms with Crippen LogP contribution in [0.4, 0.5) is 0 Å². The minimum Gasteiger partial charge on any atom is -0.550 e. The van der Waals surface area contributed by atoms with Gasteiger partial charge in [-0.15, -0.1) is 0 Å². The van der Waals surface area contributed by atoms with Crippen molar-refractivity contribution in [1.82, 2.24) is 4.90 Å². The van der Waals surface area contributed by atoms with Gasteiger partial charge < -0.3 is 19.5 Å². The molecule has 2 bridgehead atoms. The van der Waals surface area contributed by atoms with Gasteiger partial charge in [-0.05, 0) is 12.5 Å². The summed E-state index contributed by atoms with van der Waals surface area (Å²) in [4.78, 5) is 25.8. The van der Waals surface area contributed by atoms with E-state index in [9.17, 15) is 14.7 Å². The smallest absolute Gasteiger partial charge is 0.230 e. The summed E-state index contributed by atoms with van der Waals surface area (Å²) < 4.78 is 5.82. The van der Waals surface area contributed by atoms with Gasteiger partial charge in [0.25, 0.3) is 0 Å². The molecule has 5 heteroatoms. The van der Waals surface area contributed by atoms with Crippen molar-refractivity contribution in [3.05, 3.63) is 47.5 Å². The molecular weight excluding hydrogens is 282 g/mol. The van der Waals surface area contributed by atoms with Crippen LogP contribution in [-0.4, -0.2) is 35.0 Å². The van der Waals surface area contributed by atoms with Gasteiger partial charge in [-0.2, -0.15) is 0 Å². The first-order valence-corrected chi connectivity index (χ1v) is 7.42. The quantitative estimate of drug-likeness (QED) is 0.738. The second-order valence-corrected chi connectivity index (χ2v) is 6.40. The number of carbonyl (C=O) groups is 2. The number of rotatable bonds is 3. The minimum absolute atomic E-state index is 0.151. The first-order chi connectivity index (χ1) is 10.5. The highest BCUT2D eigenvalue weighted by molar-refractivity contribution is 5.90. The number of amides is 1. The Labute approximate surface area is 128 Å². The molecule has 5 nitrogen and oxygen atoms in total. The van der Waals surface area contributed by atoms with Crippen molar-refractivity contribution in [2.75, 3.05) is 6.54 Å². The molecule has 3 aliphatic rings. The monoisotopic (exact) mass is 298 g/mol. The molecule has 0 radical (unpaired) electrons. The van der Waals surface area contributed by atoms with Gasteiger partial charge in [0.1, 0.15) is 5.60 Å². The van der Waals surface area contributed by atoms with E-state index in [-0.39, 0.29) is 5.91 Å². The Morgan fingerprint density at radius 3 is 2.82 bits per heavy atom. The predicted octanol–water partition coefficient (Wildman–Crippen LogP) is 0.0269. The Balaban J connectivity index is 1.61. The highest BCUT2D eigenvalue weighted by atomic mass is 16.5. The van der Waals surface area contributed by atoms with E-state index in [1.807, 2.05) is 37.3 Å². The molecule has 0 unspecified atom stereocenters. The van der Waals surface area contributed by atoms with E-state index < -0.39 is 29.5 Å². The summed E-state index contributed by atoms with van der Waals surface area (Å²) >= 11 is 0. The third-order valence-corrected chi connectivity index (χ3v) is 4.94. The predicted molar refractivity (Wildman–Crippen MR) is 75.3 cm³/mol. The average molecular weight is 298 g/mol. The van der Waals surface area contributed by atoms with Crippen LogP contribution in [0.2, 0.25) is 0 Å². The van der Waals surface area contributed by atoms with Crippen LogP contribution in [0.25, 0.3) is 0 Å². The number of ether oxygens (including phenoxy) is 1. The molecule has 1 spiro atoms. The van der Waals surface area contributed by atoms with Gasteiger partial charge in [0.2, 0.25) is 5.91 Å². The molecule has 1 aromatic rings. The molecule has 114 valence electrons. The lowest BCUT2D eigenvalue weighted by molar-refractivity contribution is -0.313. The molecule has 0 aromatic heterocycles. The van der Waals surface area contributed by atoms with Gasteiger partial charge >= 0.3 is 0 Å². The Bertz CT molecular complexity index is 680. The van der Waals surface area contributed by atoms with E-state index >= 15 is 0 Å². The van der Waals surface area contributed by atoms with Gasteiger partial charge in [0.15, 0.2) is 0 Å². The molecule has 1 aromatic carbocycles. The molecule has 2 saturated heterocycles. The van der Waals surface area contributed by atoms with Crippen molar-refractivity contribution in [3.63, 3.8) is 0 Å². The standard InChI is InChI=1S/C17H17NO4/c1-10-2-4-11(5-3-10)8-18-9-17-7-6-12(22-17)13(16(20)21)14(17)15(18)19/h2-7,12-14H,8-9H2,1H3,(H,20,21)/p-1/t12-,13+,14+,17-/m0/s1. The van der Waals surface area contributed by atoms with Gasteiger partial charge in [-0.3, -0.25) is 4.79 Å². The summed E-state index contributed by atoms with van der Waals surface area (Å²) in [7, 11) is 0. The molecular formula is C17H16NO4-. The van der Waals surface area contributed by atoms with Crippen molar-refractivity contribution < 1.29 is 19.4 Å². The summed E-state index contributed by atoms with van der Waals surface area (Å²) in [6, 6.07) is 7.97. The van der Waals surface area contributed by atoms with Crippen LogP contribution in [0, 0.1) is 18.8 Å². The lowest BCUT2D eigenvalue weighted by Gasteiger charge is -2.24. The maximum atomic E-state index is 12.7. The maximum absolute atomic E-state index is 12.7. The molecule has 0 saturated carbocycles. The number of likely N-dealkylation sites (tertiary alicyclic amines) is 1. The Morgan fingerprint density at radius 2 is 2.14 bits per heavy atom. The molecule has 22 heavy (non-hydrogen) atoms. The van der Waals surface area contributed by atoms with E-state index in [1.54, 1.807) is 11.0 Å². The largest absolute Gasteiger partial charge is 0.550 e. The normalized spacial score (nSPS) is 35.2. The first kappa shape index (κ1) is 13.5. The van der Waals surface area contributed by atoms with Crippen molar-refractivity contribution in [2.45, 2.75) is 25.2 Å². The number of aliphatic carboxylic acids is 1. The SMILES string of the molecule is Cc1ccc(CN2C[C@]34C=C[C@H](O3)[C@@H](C(=O)[O-])[C@@H]4C2=O)cc1. The fourth-order valence-electron chi connectivity index (χ4n) is 3.90. The van der Waals surface area contributed by atoms with Crippen LogP contribution >= 0.6 is 0 Å². The topological polar surface area (TPSA) is 69.7 Å². The number of carboxylic acid groups (broad SMARTS) is 1. The van der Waals surface area contributed by atoms with Crippen LogP contribution in [0.5, 0.6) is 0 Å². The Morgan fingerprint density at radius 1 is 1.41 bits per heavy atom. The number of nitrogens with zero attached hydrogens (tertiary/aromatic N) is 1. The second kappa shape index (κ2) is 4.43. The molecule has 4 atom stereocenters. The van der Waals surface area contributed by atoms with Crippen molar-refractivity contribution >= 4 is 11.9 Å².